The second-order valence-electron chi connectivity index (χ2n) is 2.76. The Balaban J connectivity index is 3.03. The van der Waals surface area contributed by atoms with Gasteiger partial charge < -0.3 is 4.98 Å². The number of nitrogens with one attached hydrogen (secondary N) is 1. The minimum atomic E-state index is 0.399. The highest BCUT2D eigenvalue weighted by Gasteiger charge is 2.13. The lowest BCUT2D eigenvalue weighted by atomic mass is 10.4. The molecule has 2 heteroatoms. The Bertz CT molecular complexity index is 225. The predicted molar refractivity (Wildman–Crippen MR) is 47.7 cm³/mol. The summed E-state index contributed by atoms with van der Waals surface area (Å²) in [5.74, 6) is 0. The standard InChI is InChI=1S/C8H14NS/c1-6-5-8(10(3)4)7(2)9-6/h5,9H,1-4H3/q+1. The molecular formula is C8H14NS+. The van der Waals surface area contributed by atoms with Crippen LogP contribution in [0.25, 0.3) is 0 Å². The molecule has 0 bridgehead atoms. The van der Waals surface area contributed by atoms with Crippen molar-refractivity contribution in [3.63, 3.8) is 0 Å². The third-order valence-electron chi connectivity index (χ3n) is 1.54. The number of H-pyrrole nitrogens is 1. The third kappa shape index (κ3) is 1.37. The lowest BCUT2D eigenvalue weighted by Gasteiger charge is -1.90. The Kier molecular flexibility index (Phi) is 2.09. The van der Waals surface area contributed by atoms with Gasteiger partial charge in [0.1, 0.15) is 12.5 Å². The first-order valence-electron chi connectivity index (χ1n) is 3.35. The van der Waals surface area contributed by atoms with Gasteiger partial charge in [-0.3, -0.25) is 0 Å². The summed E-state index contributed by atoms with van der Waals surface area (Å²) in [6.07, 6.45) is 4.49. The lowest BCUT2D eigenvalue weighted by Crippen LogP contribution is -1.95. The summed E-state index contributed by atoms with van der Waals surface area (Å²) in [7, 11) is 0.399. The first kappa shape index (κ1) is 7.73. The summed E-state index contributed by atoms with van der Waals surface area (Å²) in [5, 5.41) is 0. The molecule has 10 heavy (non-hydrogen) atoms. The van der Waals surface area contributed by atoms with Crippen LogP contribution in [0.1, 0.15) is 11.4 Å². The zero-order valence-electron chi connectivity index (χ0n) is 6.99. The van der Waals surface area contributed by atoms with Gasteiger partial charge in [-0.25, -0.2) is 0 Å². The number of aromatic nitrogens is 1. The molecule has 0 aliphatic carbocycles. The van der Waals surface area contributed by atoms with Crippen LogP contribution in [-0.4, -0.2) is 17.5 Å². The Morgan fingerprint density at radius 1 is 1.30 bits per heavy atom. The monoisotopic (exact) mass is 156 g/mol. The number of rotatable bonds is 1. The number of aromatic amines is 1. The maximum atomic E-state index is 3.30. The minimum Gasteiger partial charge on any atom is -0.359 e. The molecule has 0 atom stereocenters. The first-order valence-corrected chi connectivity index (χ1v) is 5.39. The summed E-state index contributed by atoms with van der Waals surface area (Å²) in [5.41, 5.74) is 2.60. The highest BCUT2D eigenvalue weighted by Crippen LogP contribution is 2.15. The smallest absolute Gasteiger partial charge is 0.174 e. The quantitative estimate of drug-likeness (QED) is 0.597. The molecule has 0 saturated carbocycles. The Labute approximate surface area is 65.2 Å². The molecule has 0 aliphatic rings. The summed E-state index contributed by atoms with van der Waals surface area (Å²) >= 11 is 0. The largest absolute Gasteiger partial charge is 0.359 e. The number of hydrogen-bond donors (Lipinski definition) is 1. The zero-order valence-corrected chi connectivity index (χ0v) is 7.80. The van der Waals surface area contributed by atoms with E-state index >= 15 is 0 Å². The second-order valence-corrected chi connectivity index (χ2v) is 4.83. The van der Waals surface area contributed by atoms with Gasteiger partial charge in [-0.2, -0.15) is 0 Å². The van der Waals surface area contributed by atoms with Crippen LogP contribution in [0.15, 0.2) is 11.0 Å². The van der Waals surface area contributed by atoms with E-state index in [0.717, 1.165) is 0 Å². The predicted octanol–water partition coefficient (Wildman–Crippen LogP) is 1.87. The van der Waals surface area contributed by atoms with Crippen LogP contribution >= 0.6 is 0 Å². The Morgan fingerprint density at radius 2 is 1.90 bits per heavy atom. The van der Waals surface area contributed by atoms with Crippen molar-refractivity contribution < 1.29 is 0 Å². The van der Waals surface area contributed by atoms with Gasteiger partial charge in [0.05, 0.1) is 5.69 Å². The van der Waals surface area contributed by atoms with E-state index in [9.17, 15) is 0 Å². The molecule has 0 saturated heterocycles. The lowest BCUT2D eigenvalue weighted by molar-refractivity contribution is 1.16. The average molecular weight is 156 g/mol. The van der Waals surface area contributed by atoms with Crippen molar-refractivity contribution in [1.82, 2.24) is 4.98 Å². The van der Waals surface area contributed by atoms with Crippen LogP contribution in [0.3, 0.4) is 0 Å². The van der Waals surface area contributed by atoms with E-state index < -0.39 is 0 Å². The molecule has 1 rings (SSSR count). The molecule has 0 aromatic carbocycles. The molecule has 1 heterocycles. The van der Waals surface area contributed by atoms with Crippen molar-refractivity contribution >= 4 is 10.9 Å². The normalized spacial score (nSPS) is 10.9. The molecule has 0 unspecified atom stereocenters. The molecule has 1 aromatic rings. The fourth-order valence-corrected chi connectivity index (χ4v) is 2.20. The fourth-order valence-electron chi connectivity index (χ4n) is 1.12. The van der Waals surface area contributed by atoms with Crippen LogP contribution in [0.2, 0.25) is 0 Å². The molecule has 0 amide bonds. The van der Waals surface area contributed by atoms with E-state index in [4.69, 9.17) is 0 Å². The van der Waals surface area contributed by atoms with E-state index in [1.165, 1.54) is 16.3 Å². The van der Waals surface area contributed by atoms with Gasteiger partial charge in [0.15, 0.2) is 4.90 Å². The van der Waals surface area contributed by atoms with Crippen LogP contribution in [0.5, 0.6) is 0 Å². The van der Waals surface area contributed by atoms with Gasteiger partial charge >= 0.3 is 0 Å². The molecular weight excluding hydrogens is 142 g/mol. The van der Waals surface area contributed by atoms with Gasteiger partial charge in [-0.1, -0.05) is 0 Å². The molecule has 1 N–H and O–H groups in total. The summed E-state index contributed by atoms with van der Waals surface area (Å²) in [6, 6.07) is 2.23. The fraction of sp³-hybridized carbons (Fsp3) is 0.500. The maximum Gasteiger partial charge on any atom is 0.174 e. The van der Waals surface area contributed by atoms with E-state index in [1.54, 1.807) is 0 Å². The Morgan fingerprint density at radius 3 is 2.10 bits per heavy atom. The zero-order chi connectivity index (χ0) is 7.72. The first-order chi connectivity index (χ1) is 4.61. The van der Waals surface area contributed by atoms with Crippen LogP contribution in [0, 0.1) is 13.8 Å². The van der Waals surface area contributed by atoms with Gasteiger partial charge in [-0.05, 0) is 13.8 Å². The maximum absolute atomic E-state index is 3.30. The molecule has 0 aliphatic heterocycles. The van der Waals surface area contributed by atoms with Gasteiger partial charge in [0, 0.05) is 22.7 Å². The van der Waals surface area contributed by atoms with Crippen LogP contribution < -0.4 is 0 Å². The van der Waals surface area contributed by atoms with Crippen molar-refractivity contribution in [2.24, 2.45) is 0 Å². The molecule has 0 radical (unpaired) electrons. The van der Waals surface area contributed by atoms with Crippen molar-refractivity contribution in [3.05, 3.63) is 17.5 Å². The topological polar surface area (TPSA) is 15.8 Å². The van der Waals surface area contributed by atoms with Crippen LogP contribution in [0.4, 0.5) is 0 Å². The van der Waals surface area contributed by atoms with Crippen molar-refractivity contribution in [2.45, 2.75) is 18.7 Å². The summed E-state index contributed by atoms with van der Waals surface area (Å²) < 4.78 is 0. The van der Waals surface area contributed by atoms with Crippen molar-refractivity contribution in [1.29, 1.82) is 0 Å². The highest BCUT2D eigenvalue weighted by molar-refractivity contribution is 7.95. The molecule has 1 nitrogen and oxygen atoms in total. The van der Waals surface area contributed by atoms with Gasteiger partial charge in [-0.15, -0.1) is 0 Å². The minimum absolute atomic E-state index is 0.399. The molecule has 0 fully saturated rings. The SMILES string of the molecule is Cc1cc([S+](C)C)c(C)[nH]1. The summed E-state index contributed by atoms with van der Waals surface area (Å²) in [4.78, 5) is 4.77. The highest BCUT2D eigenvalue weighted by atomic mass is 32.2. The van der Waals surface area contributed by atoms with E-state index in [1.807, 2.05) is 0 Å². The molecule has 56 valence electrons. The summed E-state index contributed by atoms with van der Waals surface area (Å²) in [6.45, 7) is 4.23. The second kappa shape index (κ2) is 2.70. The molecule has 0 spiro atoms. The average Bonchev–Trinajstić information content (AvgIpc) is 2.10. The van der Waals surface area contributed by atoms with E-state index in [-0.39, 0.29) is 0 Å². The van der Waals surface area contributed by atoms with E-state index in [2.05, 4.69) is 37.4 Å². The van der Waals surface area contributed by atoms with Crippen molar-refractivity contribution in [2.75, 3.05) is 12.5 Å². The Hall–Kier alpha value is -0.370. The van der Waals surface area contributed by atoms with Gasteiger partial charge in [0.2, 0.25) is 0 Å². The number of aryl methyl sites for hydroxylation is 2. The van der Waals surface area contributed by atoms with Gasteiger partial charge in [0.25, 0.3) is 0 Å². The van der Waals surface area contributed by atoms with Crippen molar-refractivity contribution in [3.8, 4) is 0 Å². The third-order valence-corrected chi connectivity index (χ3v) is 2.85. The molecule has 1 aromatic heterocycles. The number of hydrogen-bond acceptors (Lipinski definition) is 0. The van der Waals surface area contributed by atoms with Crippen LogP contribution in [-0.2, 0) is 10.9 Å². The van der Waals surface area contributed by atoms with E-state index in [0.29, 0.717) is 10.9 Å².